The van der Waals surface area contributed by atoms with Gasteiger partial charge in [0.15, 0.2) is 0 Å². The predicted molar refractivity (Wildman–Crippen MR) is 74.5 cm³/mol. The maximum atomic E-state index is 11.9. The maximum Gasteiger partial charge on any atom is 0.240 e. The second-order valence-corrected chi connectivity index (χ2v) is 6.80. The van der Waals surface area contributed by atoms with Gasteiger partial charge in [0.2, 0.25) is 10.0 Å². The van der Waals surface area contributed by atoms with Crippen LogP contribution in [-0.4, -0.2) is 32.7 Å². The van der Waals surface area contributed by atoms with Crippen LogP contribution in [0.1, 0.15) is 19.8 Å². The molecule has 0 aliphatic heterocycles. The van der Waals surface area contributed by atoms with E-state index in [-0.39, 0.29) is 18.6 Å². The second-order valence-electron chi connectivity index (χ2n) is 5.09. The first-order valence-corrected chi connectivity index (χ1v) is 7.96. The van der Waals surface area contributed by atoms with Gasteiger partial charge in [0, 0.05) is 24.9 Å². The van der Waals surface area contributed by atoms with Gasteiger partial charge >= 0.3 is 0 Å². The molecule has 0 spiro atoms. The molecule has 0 heterocycles. The van der Waals surface area contributed by atoms with Crippen molar-refractivity contribution in [2.75, 3.05) is 18.5 Å². The van der Waals surface area contributed by atoms with Crippen LogP contribution in [0.5, 0.6) is 0 Å². The molecule has 106 valence electrons. The van der Waals surface area contributed by atoms with Crippen LogP contribution < -0.4 is 10.0 Å². The number of nitrogens with one attached hydrogen (secondary N) is 2. The average Bonchev–Trinajstić information content (AvgIpc) is 3.19. The zero-order chi connectivity index (χ0) is 13.9. The fourth-order valence-electron chi connectivity index (χ4n) is 1.60. The Kier molecular flexibility index (Phi) is 4.44. The van der Waals surface area contributed by atoms with Gasteiger partial charge < -0.3 is 10.4 Å². The van der Waals surface area contributed by atoms with Crippen molar-refractivity contribution >= 4 is 15.7 Å². The molecular weight excluding hydrogens is 264 g/mol. The lowest BCUT2D eigenvalue weighted by Gasteiger charge is -2.11. The number of sulfonamides is 1. The summed E-state index contributed by atoms with van der Waals surface area (Å²) in [6.45, 7) is 2.72. The van der Waals surface area contributed by atoms with E-state index >= 15 is 0 Å². The third-order valence-corrected chi connectivity index (χ3v) is 4.57. The molecule has 0 saturated heterocycles. The first kappa shape index (κ1) is 14.3. The third kappa shape index (κ3) is 4.19. The molecular formula is C13H20N2O3S. The van der Waals surface area contributed by atoms with Crippen molar-refractivity contribution < 1.29 is 13.5 Å². The van der Waals surface area contributed by atoms with Gasteiger partial charge in [0.05, 0.1) is 4.90 Å². The summed E-state index contributed by atoms with van der Waals surface area (Å²) in [6.07, 6.45) is 1.86. The molecule has 1 fully saturated rings. The first-order valence-electron chi connectivity index (χ1n) is 6.48. The van der Waals surface area contributed by atoms with Gasteiger partial charge in [0.25, 0.3) is 0 Å². The topological polar surface area (TPSA) is 78.4 Å². The normalized spacial score (nSPS) is 17.2. The van der Waals surface area contributed by atoms with Crippen molar-refractivity contribution in [2.45, 2.75) is 30.7 Å². The zero-order valence-corrected chi connectivity index (χ0v) is 11.8. The molecule has 1 atom stereocenters. The lowest BCUT2D eigenvalue weighted by atomic mass is 10.2. The monoisotopic (exact) mass is 284 g/mol. The molecule has 5 nitrogen and oxygen atoms in total. The van der Waals surface area contributed by atoms with Crippen LogP contribution in [0.25, 0.3) is 0 Å². The SMILES string of the molecule is CC(CO)CNc1ccc(S(=O)(=O)NC2CC2)cc1. The number of aliphatic hydroxyl groups is 1. The van der Waals surface area contributed by atoms with Crippen LogP contribution in [0.15, 0.2) is 29.2 Å². The number of aliphatic hydroxyl groups excluding tert-OH is 1. The molecule has 0 bridgehead atoms. The highest BCUT2D eigenvalue weighted by atomic mass is 32.2. The van der Waals surface area contributed by atoms with E-state index in [1.807, 2.05) is 6.92 Å². The lowest BCUT2D eigenvalue weighted by Crippen LogP contribution is -2.25. The Bertz CT molecular complexity index is 509. The summed E-state index contributed by atoms with van der Waals surface area (Å²) in [5.41, 5.74) is 0.852. The predicted octanol–water partition coefficient (Wildman–Crippen LogP) is 1.17. The molecule has 6 heteroatoms. The summed E-state index contributed by atoms with van der Waals surface area (Å²) in [4.78, 5) is 0.292. The van der Waals surface area contributed by atoms with Crippen LogP contribution in [0.4, 0.5) is 5.69 Å². The number of anilines is 1. The van der Waals surface area contributed by atoms with Gasteiger partial charge in [-0.25, -0.2) is 13.1 Å². The van der Waals surface area contributed by atoms with E-state index in [1.165, 1.54) is 0 Å². The number of hydrogen-bond donors (Lipinski definition) is 3. The van der Waals surface area contributed by atoms with Gasteiger partial charge in [-0.05, 0) is 43.0 Å². The highest BCUT2D eigenvalue weighted by molar-refractivity contribution is 7.89. The Labute approximate surface area is 114 Å². The fourth-order valence-corrected chi connectivity index (χ4v) is 2.90. The zero-order valence-electron chi connectivity index (χ0n) is 11.0. The highest BCUT2D eigenvalue weighted by Gasteiger charge is 2.27. The van der Waals surface area contributed by atoms with Crippen LogP contribution in [0.3, 0.4) is 0 Å². The van der Waals surface area contributed by atoms with Crippen molar-refractivity contribution in [3.05, 3.63) is 24.3 Å². The van der Waals surface area contributed by atoms with Crippen LogP contribution in [-0.2, 0) is 10.0 Å². The van der Waals surface area contributed by atoms with Crippen molar-refractivity contribution in [1.82, 2.24) is 4.72 Å². The molecule has 3 N–H and O–H groups in total. The van der Waals surface area contributed by atoms with Gasteiger partial charge in [-0.2, -0.15) is 0 Å². The van der Waals surface area contributed by atoms with Crippen molar-refractivity contribution in [1.29, 1.82) is 0 Å². The van der Waals surface area contributed by atoms with E-state index < -0.39 is 10.0 Å². The molecule has 1 saturated carbocycles. The lowest BCUT2D eigenvalue weighted by molar-refractivity contribution is 0.244. The summed E-state index contributed by atoms with van der Waals surface area (Å²) in [6, 6.07) is 6.79. The Morgan fingerprint density at radius 1 is 1.32 bits per heavy atom. The molecule has 1 aliphatic rings. The number of rotatable bonds is 7. The standard InChI is InChI=1S/C13H20N2O3S/c1-10(9-16)8-14-11-4-6-13(7-5-11)19(17,18)15-12-2-3-12/h4-7,10,12,14-16H,2-3,8-9H2,1H3. The Hall–Kier alpha value is -1.11. The smallest absolute Gasteiger partial charge is 0.240 e. The Morgan fingerprint density at radius 3 is 2.47 bits per heavy atom. The van der Waals surface area contributed by atoms with Gasteiger partial charge in [-0.3, -0.25) is 0 Å². The first-order chi connectivity index (χ1) is 9.01. The third-order valence-electron chi connectivity index (χ3n) is 3.03. The van der Waals surface area contributed by atoms with E-state index in [4.69, 9.17) is 5.11 Å². The minimum Gasteiger partial charge on any atom is -0.396 e. The average molecular weight is 284 g/mol. The van der Waals surface area contributed by atoms with E-state index in [9.17, 15) is 8.42 Å². The van der Waals surface area contributed by atoms with Crippen LogP contribution in [0.2, 0.25) is 0 Å². The van der Waals surface area contributed by atoms with Crippen LogP contribution in [0, 0.1) is 5.92 Å². The summed E-state index contributed by atoms with van der Waals surface area (Å²) < 4.78 is 26.5. The molecule has 1 aromatic rings. The molecule has 1 aliphatic carbocycles. The Morgan fingerprint density at radius 2 is 1.95 bits per heavy atom. The largest absolute Gasteiger partial charge is 0.396 e. The van der Waals surface area contributed by atoms with E-state index in [2.05, 4.69) is 10.0 Å². The van der Waals surface area contributed by atoms with Crippen molar-refractivity contribution in [3.8, 4) is 0 Å². The van der Waals surface area contributed by atoms with E-state index in [0.717, 1.165) is 18.5 Å². The van der Waals surface area contributed by atoms with Crippen molar-refractivity contribution in [2.24, 2.45) is 5.92 Å². The van der Waals surface area contributed by atoms with E-state index in [1.54, 1.807) is 24.3 Å². The second kappa shape index (κ2) is 5.90. The molecule has 2 rings (SSSR count). The molecule has 1 unspecified atom stereocenters. The van der Waals surface area contributed by atoms with E-state index in [0.29, 0.717) is 11.4 Å². The summed E-state index contributed by atoms with van der Waals surface area (Å²) in [5, 5.41) is 12.1. The fraction of sp³-hybridized carbons (Fsp3) is 0.538. The molecule has 0 aromatic heterocycles. The van der Waals surface area contributed by atoms with Crippen molar-refractivity contribution in [3.63, 3.8) is 0 Å². The minimum atomic E-state index is -3.37. The van der Waals surface area contributed by atoms with Gasteiger partial charge in [-0.1, -0.05) is 6.92 Å². The maximum absolute atomic E-state index is 11.9. The summed E-state index contributed by atoms with van der Waals surface area (Å²) in [7, 11) is -3.37. The number of benzene rings is 1. The van der Waals surface area contributed by atoms with Gasteiger partial charge in [-0.15, -0.1) is 0 Å². The highest BCUT2D eigenvalue weighted by Crippen LogP contribution is 2.22. The molecule has 0 amide bonds. The number of hydrogen-bond acceptors (Lipinski definition) is 4. The minimum absolute atomic E-state index is 0.119. The van der Waals surface area contributed by atoms with Crippen LogP contribution >= 0.6 is 0 Å². The molecule has 1 aromatic carbocycles. The molecule has 0 radical (unpaired) electrons. The quantitative estimate of drug-likeness (QED) is 0.702. The van der Waals surface area contributed by atoms with Gasteiger partial charge in [0.1, 0.15) is 0 Å². The Balaban J connectivity index is 1.97. The summed E-state index contributed by atoms with van der Waals surface area (Å²) >= 11 is 0. The summed E-state index contributed by atoms with van der Waals surface area (Å²) in [5.74, 6) is 0.167. The molecule has 19 heavy (non-hydrogen) atoms.